The van der Waals surface area contributed by atoms with E-state index in [0.717, 1.165) is 11.3 Å². The van der Waals surface area contributed by atoms with Gasteiger partial charge in [-0.2, -0.15) is 0 Å². The highest BCUT2D eigenvalue weighted by Gasteiger charge is 2.41. The summed E-state index contributed by atoms with van der Waals surface area (Å²) in [5, 5.41) is 4.77. The number of hydrogen-bond donors (Lipinski definition) is 1. The van der Waals surface area contributed by atoms with Crippen molar-refractivity contribution >= 4 is 46.5 Å². The van der Waals surface area contributed by atoms with Crippen molar-refractivity contribution in [2.24, 2.45) is 0 Å². The molecule has 1 N–H and O–H groups in total. The Kier molecular flexibility index (Phi) is 6.46. The molecule has 1 aliphatic heterocycles. The second-order valence-electron chi connectivity index (χ2n) is 6.98. The molecule has 160 valence electrons. The van der Waals surface area contributed by atoms with E-state index in [4.69, 9.17) is 44.6 Å². The Balaban J connectivity index is 1.69. The molecule has 3 heterocycles. The van der Waals surface area contributed by atoms with Gasteiger partial charge in [0.25, 0.3) is 0 Å². The summed E-state index contributed by atoms with van der Waals surface area (Å²) in [5.41, 5.74) is 1.63. The molecule has 2 aromatic heterocycles. The zero-order valence-corrected chi connectivity index (χ0v) is 18.9. The van der Waals surface area contributed by atoms with Gasteiger partial charge in [0, 0.05) is 18.3 Å². The van der Waals surface area contributed by atoms with E-state index in [9.17, 15) is 4.79 Å². The minimum atomic E-state index is -0.307. The Labute approximate surface area is 195 Å². The standard InChI is InChI=1S/C22H19Cl2N3O3S/c1-29-19(28)9-11-27-21(20(26-22(27)31)16-4-2-3-10-25-16)18-8-7-17(30-18)13-5-6-14(23)15(24)12-13/h2-8,10,12,20-21H,9,11H2,1H3,(H,26,31)/t20-,21+/m1/s1. The van der Waals surface area contributed by atoms with Gasteiger partial charge in [-0.15, -0.1) is 0 Å². The number of pyridine rings is 1. The molecule has 1 aliphatic rings. The number of hydrogen-bond acceptors (Lipinski definition) is 5. The fraction of sp³-hybridized carbons (Fsp3) is 0.227. The molecule has 9 heteroatoms. The second kappa shape index (κ2) is 9.26. The highest BCUT2D eigenvalue weighted by Crippen LogP contribution is 2.41. The fourth-order valence-corrected chi connectivity index (χ4v) is 4.22. The van der Waals surface area contributed by atoms with Crippen molar-refractivity contribution in [1.29, 1.82) is 0 Å². The van der Waals surface area contributed by atoms with Crippen LogP contribution in [0.2, 0.25) is 10.0 Å². The van der Waals surface area contributed by atoms with Crippen LogP contribution < -0.4 is 5.32 Å². The van der Waals surface area contributed by atoms with E-state index in [1.165, 1.54) is 7.11 Å². The van der Waals surface area contributed by atoms with E-state index >= 15 is 0 Å². The van der Waals surface area contributed by atoms with Crippen molar-refractivity contribution in [3.05, 3.63) is 76.2 Å². The lowest BCUT2D eigenvalue weighted by atomic mass is 10.0. The third kappa shape index (κ3) is 4.54. The number of nitrogens with one attached hydrogen (secondary N) is 1. The zero-order chi connectivity index (χ0) is 22.0. The number of methoxy groups -OCH3 is 1. The highest BCUT2D eigenvalue weighted by atomic mass is 35.5. The summed E-state index contributed by atoms with van der Waals surface area (Å²) in [5.74, 6) is 1.03. The van der Waals surface area contributed by atoms with Gasteiger partial charge in [0.05, 0.1) is 35.3 Å². The summed E-state index contributed by atoms with van der Waals surface area (Å²) in [6.07, 6.45) is 1.93. The molecule has 0 aliphatic carbocycles. The van der Waals surface area contributed by atoms with E-state index in [1.54, 1.807) is 18.3 Å². The Morgan fingerprint density at radius 1 is 1.23 bits per heavy atom. The minimum absolute atomic E-state index is 0.199. The third-order valence-electron chi connectivity index (χ3n) is 5.10. The highest BCUT2D eigenvalue weighted by molar-refractivity contribution is 7.80. The molecule has 1 fully saturated rings. The number of esters is 1. The van der Waals surface area contributed by atoms with Crippen molar-refractivity contribution < 1.29 is 13.9 Å². The van der Waals surface area contributed by atoms with Crippen molar-refractivity contribution in [2.45, 2.75) is 18.5 Å². The van der Waals surface area contributed by atoms with Crippen molar-refractivity contribution in [2.75, 3.05) is 13.7 Å². The molecule has 0 unspecified atom stereocenters. The fourth-order valence-electron chi connectivity index (χ4n) is 3.59. The summed E-state index contributed by atoms with van der Waals surface area (Å²) in [7, 11) is 1.37. The summed E-state index contributed by atoms with van der Waals surface area (Å²) in [6.45, 7) is 0.384. The van der Waals surface area contributed by atoms with Gasteiger partial charge in [-0.05, 0) is 54.7 Å². The average Bonchev–Trinajstić information content (AvgIpc) is 3.39. The molecular weight excluding hydrogens is 457 g/mol. The van der Waals surface area contributed by atoms with Crippen LogP contribution in [0.3, 0.4) is 0 Å². The Bertz CT molecular complexity index is 1110. The number of aromatic nitrogens is 1. The smallest absolute Gasteiger partial charge is 0.307 e. The molecule has 2 atom stereocenters. The maximum atomic E-state index is 11.7. The maximum absolute atomic E-state index is 11.7. The zero-order valence-electron chi connectivity index (χ0n) is 16.5. The van der Waals surface area contributed by atoms with Crippen molar-refractivity contribution in [1.82, 2.24) is 15.2 Å². The number of furan rings is 1. The lowest BCUT2D eigenvalue weighted by molar-refractivity contribution is -0.140. The summed E-state index contributed by atoms with van der Waals surface area (Å²) in [4.78, 5) is 18.2. The molecule has 4 rings (SSSR count). The van der Waals surface area contributed by atoms with Gasteiger partial charge < -0.3 is 19.4 Å². The normalized spacial score (nSPS) is 18.2. The van der Waals surface area contributed by atoms with Crippen molar-refractivity contribution in [3.63, 3.8) is 0 Å². The lowest BCUT2D eigenvalue weighted by Crippen LogP contribution is -2.31. The number of nitrogens with zero attached hydrogens (tertiary/aromatic N) is 2. The molecule has 6 nitrogen and oxygen atoms in total. The van der Waals surface area contributed by atoms with Gasteiger partial charge in [0.2, 0.25) is 0 Å². The number of ether oxygens (including phenoxy) is 1. The molecular formula is C22H19Cl2N3O3S. The maximum Gasteiger partial charge on any atom is 0.307 e. The first-order valence-corrected chi connectivity index (χ1v) is 10.7. The van der Waals surface area contributed by atoms with Gasteiger partial charge in [-0.3, -0.25) is 9.78 Å². The molecule has 0 radical (unpaired) electrons. The Morgan fingerprint density at radius 3 is 2.77 bits per heavy atom. The van der Waals surface area contributed by atoms with Crippen LogP contribution in [-0.4, -0.2) is 34.6 Å². The summed E-state index contributed by atoms with van der Waals surface area (Å²) < 4.78 is 11.0. The predicted octanol–water partition coefficient (Wildman–Crippen LogP) is 5.18. The minimum Gasteiger partial charge on any atom is -0.469 e. The van der Waals surface area contributed by atoms with Gasteiger partial charge in [-0.25, -0.2) is 0 Å². The second-order valence-corrected chi connectivity index (χ2v) is 8.18. The topological polar surface area (TPSA) is 67.6 Å². The first-order chi connectivity index (χ1) is 15.0. The monoisotopic (exact) mass is 475 g/mol. The van der Waals surface area contributed by atoms with Gasteiger partial charge in [-0.1, -0.05) is 29.3 Å². The van der Waals surface area contributed by atoms with Crippen LogP contribution in [0.1, 0.15) is 30.0 Å². The third-order valence-corrected chi connectivity index (χ3v) is 6.20. The van der Waals surface area contributed by atoms with Gasteiger partial charge >= 0.3 is 5.97 Å². The number of carbonyl (C=O) groups is 1. The first-order valence-electron chi connectivity index (χ1n) is 9.58. The number of thiocarbonyl (C=S) groups is 1. The number of carbonyl (C=O) groups excluding carboxylic acids is 1. The molecule has 0 bridgehead atoms. The number of benzene rings is 1. The molecule has 1 saturated heterocycles. The summed E-state index contributed by atoms with van der Waals surface area (Å²) >= 11 is 17.8. The van der Waals surface area contributed by atoms with E-state index in [0.29, 0.717) is 33.2 Å². The average molecular weight is 476 g/mol. The van der Waals surface area contributed by atoms with E-state index in [-0.39, 0.29) is 24.5 Å². The quantitative estimate of drug-likeness (QED) is 0.388. The van der Waals surface area contributed by atoms with Crippen molar-refractivity contribution in [3.8, 4) is 11.3 Å². The van der Waals surface area contributed by atoms with Crippen LogP contribution in [0.5, 0.6) is 0 Å². The Morgan fingerprint density at radius 2 is 2.06 bits per heavy atom. The van der Waals surface area contributed by atoms with Crippen LogP contribution >= 0.6 is 35.4 Å². The molecule has 0 amide bonds. The van der Waals surface area contributed by atoms with E-state index in [2.05, 4.69) is 10.3 Å². The number of rotatable bonds is 6. The molecule has 1 aromatic carbocycles. The SMILES string of the molecule is COC(=O)CCN1C(=S)N[C@H](c2ccccn2)[C@@H]1c1ccc(-c2ccc(Cl)c(Cl)c2)o1. The Hall–Kier alpha value is -2.61. The predicted molar refractivity (Wildman–Crippen MR) is 123 cm³/mol. The largest absolute Gasteiger partial charge is 0.469 e. The van der Waals surface area contributed by atoms with Gasteiger partial charge in [0.1, 0.15) is 17.6 Å². The van der Waals surface area contributed by atoms with Crippen LogP contribution in [0.25, 0.3) is 11.3 Å². The molecule has 0 spiro atoms. The van der Waals surface area contributed by atoms with Gasteiger partial charge in [0.15, 0.2) is 5.11 Å². The summed E-state index contributed by atoms with van der Waals surface area (Å²) in [6, 6.07) is 14.3. The van der Waals surface area contributed by atoms with E-state index < -0.39 is 0 Å². The molecule has 3 aromatic rings. The lowest BCUT2D eigenvalue weighted by Gasteiger charge is -2.25. The van der Waals surface area contributed by atoms with E-state index in [1.807, 2.05) is 41.3 Å². The number of halogens is 2. The van der Waals surface area contributed by atoms with Crippen LogP contribution in [0.15, 0.2) is 59.1 Å². The van der Waals surface area contributed by atoms with Crippen LogP contribution in [0, 0.1) is 0 Å². The molecule has 31 heavy (non-hydrogen) atoms. The first kappa shape index (κ1) is 21.6. The molecule has 0 saturated carbocycles. The van der Waals surface area contributed by atoms with Crippen LogP contribution in [-0.2, 0) is 9.53 Å². The van der Waals surface area contributed by atoms with Crippen LogP contribution in [0.4, 0.5) is 0 Å².